The maximum absolute atomic E-state index is 12.4. The summed E-state index contributed by atoms with van der Waals surface area (Å²) in [4.78, 5) is 0.0468. The molecule has 0 aromatic heterocycles. The summed E-state index contributed by atoms with van der Waals surface area (Å²) in [7, 11) is -2.38. The third kappa shape index (κ3) is 2.44. The van der Waals surface area contributed by atoms with Crippen molar-refractivity contribution in [2.45, 2.75) is 4.90 Å². The molecule has 2 aromatic rings. The van der Waals surface area contributed by atoms with Crippen LogP contribution < -0.4 is 4.31 Å². The van der Waals surface area contributed by atoms with Gasteiger partial charge in [-0.15, -0.1) is 0 Å². The molecule has 0 atom stereocenters. The predicted molar refractivity (Wildman–Crippen MR) is 74.9 cm³/mol. The summed E-state index contributed by atoms with van der Waals surface area (Å²) >= 11 is 0. The molecule has 20 heavy (non-hydrogen) atoms. The predicted octanol–water partition coefficient (Wildman–Crippen LogP) is 2.09. The van der Waals surface area contributed by atoms with Gasteiger partial charge in [0, 0.05) is 7.05 Å². The summed E-state index contributed by atoms with van der Waals surface area (Å²) in [6, 6.07) is 13.7. The molecule has 0 aliphatic carbocycles. The number of para-hydroxylation sites is 1. The van der Waals surface area contributed by atoms with Crippen LogP contribution in [-0.2, 0) is 10.0 Å². The van der Waals surface area contributed by atoms with Crippen molar-refractivity contribution in [3.63, 3.8) is 0 Å². The second kappa shape index (κ2) is 5.23. The molecule has 0 radical (unpaired) electrons. The van der Waals surface area contributed by atoms with Crippen molar-refractivity contribution < 1.29 is 13.5 Å². The third-order valence-corrected chi connectivity index (χ3v) is 4.64. The van der Waals surface area contributed by atoms with Crippen LogP contribution in [0.15, 0.2) is 53.4 Å². The van der Waals surface area contributed by atoms with Gasteiger partial charge >= 0.3 is 0 Å². The fourth-order valence-corrected chi connectivity index (χ4v) is 2.96. The van der Waals surface area contributed by atoms with E-state index in [1.807, 2.05) is 6.07 Å². The highest BCUT2D eigenvalue weighted by Gasteiger charge is 2.22. The maximum Gasteiger partial charge on any atom is 0.264 e. The summed E-state index contributed by atoms with van der Waals surface area (Å²) in [5.41, 5.74) is 0.584. The SMILES string of the molecule is CN(c1ccccc1C#N)S(=O)(=O)c1ccc(O)cc1. The van der Waals surface area contributed by atoms with Crippen molar-refractivity contribution >= 4 is 15.7 Å². The molecule has 2 rings (SSSR count). The number of benzene rings is 2. The largest absolute Gasteiger partial charge is 0.508 e. The molecule has 0 aliphatic rings. The van der Waals surface area contributed by atoms with E-state index >= 15 is 0 Å². The maximum atomic E-state index is 12.4. The highest BCUT2D eigenvalue weighted by molar-refractivity contribution is 7.92. The smallest absolute Gasteiger partial charge is 0.264 e. The van der Waals surface area contributed by atoms with Gasteiger partial charge in [-0.1, -0.05) is 12.1 Å². The van der Waals surface area contributed by atoms with Crippen molar-refractivity contribution in [3.8, 4) is 11.8 Å². The molecule has 1 N–H and O–H groups in total. The monoisotopic (exact) mass is 288 g/mol. The Balaban J connectivity index is 2.49. The lowest BCUT2D eigenvalue weighted by molar-refractivity contribution is 0.475. The summed E-state index contributed by atoms with van der Waals surface area (Å²) in [5, 5.41) is 18.2. The van der Waals surface area contributed by atoms with Crippen molar-refractivity contribution in [1.29, 1.82) is 5.26 Å². The molecule has 0 bridgehead atoms. The average molecular weight is 288 g/mol. The van der Waals surface area contributed by atoms with Gasteiger partial charge in [0.2, 0.25) is 0 Å². The van der Waals surface area contributed by atoms with E-state index in [1.165, 1.54) is 31.3 Å². The zero-order valence-electron chi connectivity index (χ0n) is 10.7. The molecule has 0 heterocycles. The topological polar surface area (TPSA) is 81.4 Å². The number of hydrogen-bond donors (Lipinski definition) is 1. The summed E-state index contributed by atoms with van der Waals surface area (Å²) in [6.45, 7) is 0. The fourth-order valence-electron chi connectivity index (χ4n) is 1.75. The van der Waals surface area contributed by atoms with Crippen molar-refractivity contribution in [1.82, 2.24) is 0 Å². The lowest BCUT2D eigenvalue weighted by atomic mass is 10.2. The zero-order valence-corrected chi connectivity index (χ0v) is 11.5. The minimum Gasteiger partial charge on any atom is -0.508 e. The third-order valence-electron chi connectivity index (χ3n) is 2.86. The van der Waals surface area contributed by atoms with Crippen LogP contribution in [0.2, 0.25) is 0 Å². The van der Waals surface area contributed by atoms with Crippen LogP contribution in [0.3, 0.4) is 0 Å². The van der Waals surface area contributed by atoms with Gasteiger partial charge in [-0.3, -0.25) is 4.31 Å². The first kappa shape index (κ1) is 13.9. The highest BCUT2D eigenvalue weighted by Crippen LogP contribution is 2.25. The van der Waals surface area contributed by atoms with E-state index in [4.69, 9.17) is 5.26 Å². The summed E-state index contributed by atoms with van der Waals surface area (Å²) < 4.78 is 25.9. The molecule has 6 heteroatoms. The second-order valence-corrected chi connectivity index (χ2v) is 6.06. The van der Waals surface area contributed by atoms with E-state index in [1.54, 1.807) is 24.3 Å². The first-order chi connectivity index (χ1) is 9.46. The Morgan fingerprint density at radius 2 is 1.70 bits per heavy atom. The Labute approximate surface area is 117 Å². The van der Waals surface area contributed by atoms with Gasteiger partial charge in [-0.2, -0.15) is 5.26 Å². The number of nitrogens with zero attached hydrogens (tertiary/aromatic N) is 2. The van der Waals surface area contributed by atoms with Gasteiger partial charge in [-0.25, -0.2) is 8.42 Å². The van der Waals surface area contributed by atoms with Gasteiger partial charge in [0.15, 0.2) is 0 Å². The Morgan fingerprint density at radius 3 is 2.30 bits per heavy atom. The number of sulfonamides is 1. The van der Waals surface area contributed by atoms with E-state index in [0.29, 0.717) is 5.69 Å². The number of aromatic hydroxyl groups is 1. The average Bonchev–Trinajstić information content (AvgIpc) is 2.46. The normalized spacial score (nSPS) is 10.8. The number of nitriles is 1. The molecule has 5 nitrogen and oxygen atoms in total. The van der Waals surface area contributed by atoms with Gasteiger partial charge in [-0.05, 0) is 36.4 Å². The molecule has 0 fully saturated rings. The van der Waals surface area contributed by atoms with Crippen LogP contribution in [0.25, 0.3) is 0 Å². The Bertz CT molecular complexity index is 762. The highest BCUT2D eigenvalue weighted by atomic mass is 32.2. The quantitative estimate of drug-likeness (QED) is 0.937. The van der Waals surface area contributed by atoms with Crippen LogP contribution in [-0.4, -0.2) is 20.6 Å². The van der Waals surface area contributed by atoms with Crippen molar-refractivity contribution in [2.24, 2.45) is 0 Å². The Hall–Kier alpha value is -2.52. The van der Waals surface area contributed by atoms with Crippen LogP contribution in [0.5, 0.6) is 5.75 Å². The molecule has 0 amide bonds. The number of hydrogen-bond acceptors (Lipinski definition) is 4. The summed E-state index contributed by atoms with van der Waals surface area (Å²) in [5.74, 6) is -0.0102. The lowest BCUT2D eigenvalue weighted by Gasteiger charge is -2.20. The number of phenolic OH excluding ortho intramolecular Hbond substituents is 1. The molecule has 0 spiro atoms. The van der Waals surface area contributed by atoms with Crippen molar-refractivity contribution in [3.05, 3.63) is 54.1 Å². The van der Waals surface area contributed by atoms with Gasteiger partial charge in [0.05, 0.1) is 16.1 Å². The molecule has 0 saturated heterocycles. The molecular weight excluding hydrogens is 276 g/mol. The molecule has 0 aliphatic heterocycles. The Kier molecular flexibility index (Phi) is 3.63. The lowest BCUT2D eigenvalue weighted by Crippen LogP contribution is -2.27. The first-order valence-corrected chi connectivity index (χ1v) is 7.18. The second-order valence-electron chi connectivity index (χ2n) is 4.10. The van der Waals surface area contributed by atoms with E-state index < -0.39 is 10.0 Å². The Morgan fingerprint density at radius 1 is 1.10 bits per heavy atom. The van der Waals surface area contributed by atoms with Crippen molar-refractivity contribution in [2.75, 3.05) is 11.4 Å². The molecular formula is C14H12N2O3S. The molecule has 2 aromatic carbocycles. The van der Waals surface area contributed by atoms with E-state index in [9.17, 15) is 13.5 Å². The molecule has 0 saturated carbocycles. The molecule has 0 unspecified atom stereocenters. The number of rotatable bonds is 3. The van der Waals surface area contributed by atoms with Crippen LogP contribution >= 0.6 is 0 Å². The zero-order chi connectivity index (χ0) is 14.8. The summed E-state index contributed by atoms with van der Waals surface area (Å²) in [6.07, 6.45) is 0. The molecule has 102 valence electrons. The van der Waals surface area contributed by atoms with Gasteiger partial charge in [0.1, 0.15) is 11.8 Å². The van der Waals surface area contributed by atoms with Gasteiger partial charge in [0.25, 0.3) is 10.0 Å². The van der Waals surface area contributed by atoms with Crippen LogP contribution in [0, 0.1) is 11.3 Å². The minimum atomic E-state index is -3.77. The van der Waals surface area contributed by atoms with E-state index in [2.05, 4.69) is 0 Å². The van der Waals surface area contributed by atoms with Crippen LogP contribution in [0.1, 0.15) is 5.56 Å². The fraction of sp³-hybridized carbons (Fsp3) is 0.0714. The van der Waals surface area contributed by atoms with Crippen LogP contribution in [0.4, 0.5) is 5.69 Å². The van der Waals surface area contributed by atoms with E-state index in [0.717, 1.165) is 4.31 Å². The minimum absolute atomic E-state index is 0.0102. The number of phenols is 1. The first-order valence-electron chi connectivity index (χ1n) is 5.74. The van der Waals surface area contributed by atoms with E-state index in [-0.39, 0.29) is 16.2 Å². The standard InChI is InChI=1S/C14H12N2O3S/c1-16(14-5-3-2-4-11(14)10-15)20(18,19)13-8-6-12(17)7-9-13/h2-9,17H,1H3. The van der Waals surface area contributed by atoms with Gasteiger partial charge < -0.3 is 5.11 Å². The number of anilines is 1.